The van der Waals surface area contributed by atoms with Crippen molar-refractivity contribution in [2.45, 2.75) is 13.5 Å². The summed E-state index contributed by atoms with van der Waals surface area (Å²) in [5, 5.41) is 8.90. The van der Waals surface area contributed by atoms with Gasteiger partial charge in [-0.3, -0.25) is 4.79 Å². The second kappa shape index (κ2) is 6.15. The van der Waals surface area contributed by atoms with E-state index in [1.165, 1.54) is 13.0 Å². The molecule has 0 aliphatic heterocycles. The quantitative estimate of drug-likeness (QED) is 0.630. The minimum atomic E-state index is -1.14. The molecule has 0 aliphatic carbocycles. The van der Waals surface area contributed by atoms with Crippen molar-refractivity contribution in [3.8, 4) is 5.75 Å². The molecule has 0 heterocycles. The first kappa shape index (κ1) is 13.4. The zero-order valence-electron chi connectivity index (χ0n) is 9.20. The fourth-order valence-corrected chi connectivity index (χ4v) is 1.19. The topological polar surface area (TPSA) is 55.8 Å². The van der Waals surface area contributed by atoms with Gasteiger partial charge in [0.15, 0.2) is 11.6 Å². The van der Waals surface area contributed by atoms with Crippen LogP contribution in [0.5, 0.6) is 5.75 Å². The molecule has 0 bridgehead atoms. The van der Waals surface area contributed by atoms with Crippen molar-refractivity contribution in [2.75, 3.05) is 13.2 Å². The van der Waals surface area contributed by atoms with E-state index in [-0.39, 0.29) is 24.5 Å². The van der Waals surface area contributed by atoms with Crippen molar-refractivity contribution >= 4 is 5.97 Å². The second-order valence-electron chi connectivity index (χ2n) is 3.18. The Morgan fingerprint density at radius 3 is 2.65 bits per heavy atom. The Morgan fingerprint density at radius 2 is 2.06 bits per heavy atom. The summed E-state index contributed by atoms with van der Waals surface area (Å²) >= 11 is 0. The number of aliphatic hydroxyl groups is 1. The van der Waals surface area contributed by atoms with Crippen molar-refractivity contribution in [1.82, 2.24) is 0 Å². The predicted molar refractivity (Wildman–Crippen MR) is 54.4 cm³/mol. The number of carbonyl (C=O) groups is 1. The van der Waals surface area contributed by atoms with Crippen molar-refractivity contribution < 1.29 is 28.2 Å². The molecule has 0 aliphatic rings. The van der Waals surface area contributed by atoms with Gasteiger partial charge in [0.2, 0.25) is 0 Å². The Kier molecular flexibility index (Phi) is 4.84. The van der Waals surface area contributed by atoms with E-state index in [2.05, 4.69) is 4.74 Å². The lowest BCUT2D eigenvalue weighted by molar-refractivity contribution is -0.141. The molecule has 94 valence electrons. The van der Waals surface area contributed by atoms with Crippen LogP contribution in [-0.2, 0) is 16.1 Å². The van der Waals surface area contributed by atoms with Gasteiger partial charge >= 0.3 is 5.97 Å². The Hall–Kier alpha value is -1.69. The van der Waals surface area contributed by atoms with Crippen LogP contribution >= 0.6 is 0 Å². The highest BCUT2D eigenvalue weighted by atomic mass is 19.2. The van der Waals surface area contributed by atoms with Gasteiger partial charge in [-0.2, -0.15) is 0 Å². The molecule has 4 nitrogen and oxygen atoms in total. The molecule has 0 unspecified atom stereocenters. The first-order valence-corrected chi connectivity index (χ1v) is 4.90. The molecule has 1 aromatic rings. The Balaban J connectivity index is 2.65. The third-order valence-corrected chi connectivity index (χ3v) is 1.96. The van der Waals surface area contributed by atoms with E-state index in [1.807, 2.05) is 0 Å². The summed E-state index contributed by atoms with van der Waals surface area (Å²) in [5.74, 6) is -2.63. The van der Waals surface area contributed by atoms with Gasteiger partial charge in [-0.15, -0.1) is 0 Å². The molecule has 0 atom stereocenters. The van der Waals surface area contributed by atoms with Crippen LogP contribution in [-0.4, -0.2) is 24.3 Å². The third kappa shape index (κ3) is 3.67. The maximum Gasteiger partial charge on any atom is 0.302 e. The molecule has 0 aromatic heterocycles. The molecule has 0 amide bonds. The molecule has 0 radical (unpaired) electrons. The highest BCUT2D eigenvalue weighted by Crippen LogP contribution is 2.23. The zero-order valence-corrected chi connectivity index (χ0v) is 9.20. The van der Waals surface area contributed by atoms with E-state index in [9.17, 15) is 13.6 Å². The lowest BCUT2D eigenvalue weighted by Crippen LogP contribution is -2.11. The predicted octanol–water partition coefficient (Wildman–Crippen LogP) is 1.40. The Morgan fingerprint density at radius 1 is 1.35 bits per heavy atom. The smallest absolute Gasteiger partial charge is 0.302 e. The summed E-state index contributed by atoms with van der Waals surface area (Å²) in [7, 11) is 0. The van der Waals surface area contributed by atoms with Gasteiger partial charge in [0.05, 0.1) is 12.2 Å². The fraction of sp³-hybridized carbons (Fsp3) is 0.364. The molecule has 1 rings (SSSR count). The number of rotatable bonds is 5. The third-order valence-electron chi connectivity index (χ3n) is 1.96. The largest absolute Gasteiger partial charge is 0.490 e. The number of esters is 1. The molecular weight excluding hydrogens is 234 g/mol. The lowest BCUT2D eigenvalue weighted by atomic mass is 10.2. The second-order valence-corrected chi connectivity index (χ2v) is 3.18. The highest BCUT2D eigenvalue weighted by molar-refractivity contribution is 5.65. The highest BCUT2D eigenvalue weighted by Gasteiger charge is 2.13. The molecule has 1 N–H and O–H groups in total. The monoisotopic (exact) mass is 246 g/mol. The summed E-state index contributed by atoms with van der Waals surface area (Å²) in [6.07, 6.45) is 0. The molecule has 0 saturated heterocycles. The normalized spacial score (nSPS) is 10.1. The van der Waals surface area contributed by atoms with Crippen molar-refractivity contribution in [1.29, 1.82) is 0 Å². The van der Waals surface area contributed by atoms with E-state index < -0.39 is 24.2 Å². The van der Waals surface area contributed by atoms with Crippen LogP contribution in [0.25, 0.3) is 0 Å². The standard InChI is InChI=1S/C11H12F2O4/c1-7(15)16-4-5-17-10-3-2-9(12)11(13)8(10)6-14/h2-3,14H,4-6H2,1H3. The van der Waals surface area contributed by atoms with Crippen LogP contribution in [0, 0.1) is 11.6 Å². The average molecular weight is 246 g/mol. The number of benzene rings is 1. The van der Waals surface area contributed by atoms with Crippen LogP contribution in [0.2, 0.25) is 0 Å². The van der Waals surface area contributed by atoms with Gasteiger partial charge in [-0.25, -0.2) is 8.78 Å². The maximum absolute atomic E-state index is 13.2. The fourth-order valence-electron chi connectivity index (χ4n) is 1.19. The number of carbonyl (C=O) groups excluding carboxylic acids is 1. The van der Waals surface area contributed by atoms with Gasteiger partial charge in [0.1, 0.15) is 19.0 Å². The first-order chi connectivity index (χ1) is 8.06. The van der Waals surface area contributed by atoms with E-state index in [0.29, 0.717) is 0 Å². The van der Waals surface area contributed by atoms with Gasteiger partial charge < -0.3 is 14.6 Å². The Labute approximate surface area is 96.8 Å². The van der Waals surface area contributed by atoms with Crippen LogP contribution in [0.3, 0.4) is 0 Å². The van der Waals surface area contributed by atoms with Crippen LogP contribution in [0.15, 0.2) is 12.1 Å². The van der Waals surface area contributed by atoms with E-state index >= 15 is 0 Å². The molecule has 0 saturated carbocycles. The SMILES string of the molecule is CC(=O)OCCOc1ccc(F)c(F)c1CO. The molecule has 17 heavy (non-hydrogen) atoms. The lowest BCUT2D eigenvalue weighted by Gasteiger charge is -2.11. The summed E-state index contributed by atoms with van der Waals surface area (Å²) in [5.41, 5.74) is -0.257. The van der Waals surface area contributed by atoms with Crippen molar-refractivity contribution in [3.63, 3.8) is 0 Å². The van der Waals surface area contributed by atoms with Crippen molar-refractivity contribution in [3.05, 3.63) is 29.3 Å². The number of halogens is 2. The van der Waals surface area contributed by atoms with Crippen molar-refractivity contribution in [2.24, 2.45) is 0 Å². The minimum absolute atomic E-state index is 0.000796. The minimum Gasteiger partial charge on any atom is -0.490 e. The number of aliphatic hydroxyl groups excluding tert-OH is 1. The van der Waals surface area contributed by atoms with Gasteiger partial charge in [-0.1, -0.05) is 0 Å². The first-order valence-electron chi connectivity index (χ1n) is 4.90. The van der Waals surface area contributed by atoms with Gasteiger partial charge in [0, 0.05) is 6.92 Å². The summed E-state index contributed by atoms with van der Waals surface area (Å²) in [6.45, 7) is 0.569. The zero-order chi connectivity index (χ0) is 12.8. The molecule has 0 fully saturated rings. The van der Waals surface area contributed by atoms with Crippen LogP contribution in [0.4, 0.5) is 8.78 Å². The number of hydrogen-bond acceptors (Lipinski definition) is 4. The summed E-state index contributed by atoms with van der Waals surface area (Å²) in [4.78, 5) is 10.4. The van der Waals surface area contributed by atoms with E-state index in [4.69, 9.17) is 9.84 Å². The molecule has 6 heteroatoms. The van der Waals surface area contributed by atoms with Crippen LogP contribution in [0.1, 0.15) is 12.5 Å². The van der Waals surface area contributed by atoms with E-state index in [1.54, 1.807) is 0 Å². The maximum atomic E-state index is 13.2. The average Bonchev–Trinajstić information content (AvgIpc) is 2.29. The summed E-state index contributed by atoms with van der Waals surface area (Å²) < 4.78 is 35.7. The number of ether oxygens (including phenoxy) is 2. The van der Waals surface area contributed by atoms with Gasteiger partial charge in [-0.05, 0) is 12.1 Å². The number of hydrogen-bond donors (Lipinski definition) is 1. The van der Waals surface area contributed by atoms with Crippen LogP contribution < -0.4 is 4.74 Å². The molecule has 1 aromatic carbocycles. The molecule has 0 spiro atoms. The molecular formula is C11H12F2O4. The van der Waals surface area contributed by atoms with Gasteiger partial charge in [0.25, 0.3) is 0 Å². The summed E-state index contributed by atoms with van der Waals surface area (Å²) in [6, 6.07) is 2.10. The Bertz CT molecular complexity index is 407. The van der Waals surface area contributed by atoms with E-state index in [0.717, 1.165) is 6.07 Å².